The maximum absolute atomic E-state index is 13.6. The Morgan fingerprint density at radius 3 is 2.66 bits per heavy atom. The van der Waals surface area contributed by atoms with Crippen LogP contribution < -0.4 is 10.2 Å². The van der Waals surface area contributed by atoms with Gasteiger partial charge in [0.25, 0.3) is 5.91 Å². The van der Waals surface area contributed by atoms with E-state index in [0.717, 1.165) is 5.56 Å². The van der Waals surface area contributed by atoms with E-state index in [0.29, 0.717) is 17.1 Å². The van der Waals surface area contributed by atoms with Crippen LogP contribution in [-0.2, 0) is 0 Å². The number of rotatable bonds is 3. The van der Waals surface area contributed by atoms with Crippen LogP contribution in [-0.4, -0.2) is 52.2 Å². The first-order valence-electron chi connectivity index (χ1n) is 10.4. The third-order valence-electron chi connectivity index (χ3n) is 6.13. The fourth-order valence-corrected chi connectivity index (χ4v) is 4.74. The number of hydrogen-bond donors (Lipinski definition) is 2. The molecule has 3 aromatic rings. The fourth-order valence-electron chi connectivity index (χ4n) is 4.74. The highest BCUT2D eigenvalue weighted by Crippen LogP contribution is 2.48. The van der Waals surface area contributed by atoms with Gasteiger partial charge in [0.2, 0.25) is 0 Å². The van der Waals surface area contributed by atoms with Gasteiger partial charge < -0.3 is 15.3 Å². The number of likely N-dealkylation sites (tertiary alicyclic amines) is 1. The van der Waals surface area contributed by atoms with Gasteiger partial charge >= 0.3 is 6.03 Å². The van der Waals surface area contributed by atoms with E-state index in [9.17, 15) is 19.1 Å². The van der Waals surface area contributed by atoms with Crippen molar-refractivity contribution in [2.24, 2.45) is 0 Å². The van der Waals surface area contributed by atoms with E-state index in [-0.39, 0.29) is 31.0 Å². The Labute approximate surface area is 184 Å². The van der Waals surface area contributed by atoms with E-state index in [4.69, 9.17) is 0 Å². The molecular weight excluding hydrogens is 411 g/mol. The zero-order valence-corrected chi connectivity index (χ0v) is 17.1. The van der Waals surface area contributed by atoms with E-state index in [2.05, 4.69) is 10.3 Å². The van der Waals surface area contributed by atoms with Gasteiger partial charge in [-0.15, -0.1) is 0 Å². The Bertz CT molecular complexity index is 1170. The molecule has 162 valence electrons. The summed E-state index contributed by atoms with van der Waals surface area (Å²) in [7, 11) is 0. The van der Waals surface area contributed by atoms with Crippen LogP contribution in [0.4, 0.5) is 20.6 Å². The second kappa shape index (κ2) is 8.05. The van der Waals surface area contributed by atoms with E-state index in [1.807, 2.05) is 24.3 Å². The van der Waals surface area contributed by atoms with Crippen LogP contribution in [0, 0.1) is 5.82 Å². The topological polar surface area (TPSA) is 85.8 Å². The summed E-state index contributed by atoms with van der Waals surface area (Å²) < 4.78 is 13.6. The summed E-state index contributed by atoms with van der Waals surface area (Å²) in [5.41, 5.74) is 2.24. The number of nitrogens with zero attached hydrogens (tertiary/aromatic N) is 3. The van der Waals surface area contributed by atoms with E-state index in [1.54, 1.807) is 40.3 Å². The minimum Gasteiger partial charge on any atom is -0.394 e. The summed E-state index contributed by atoms with van der Waals surface area (Å²) in [6.07, 6.45) is 1.55. The van der Waals surface area contributed by atoms with Crippen LogP contribution in [0.1, 0.15) is 22.0 Å². The van der Waals surface area contributed by atoms with Gasteiger partial charge in [0.15, 0.2) is 0 Å². The van der Waals surface area contributed by atoms with Crippen molar-refractivity contribution >= 4 is 23.3 Å². The molecular formula is C24H21FN4O3. The first-order chi connectivity index (χ1) is 15.6. The van der Waals surface area contributed by atoms with Crippen molar-refractivity contribution in [3.63, 3.8) is 0 Å². The molecule has 0 unspecified atom stereocenters. The van der Waals surface area contributed by atoms with Crippen molar-refractivity contribution < 1.29 is 19.1 Å². The van der Waals surface area contributed by atoms with E-state index >= 15 is 0 Å². The number of carbonyl (C=O) groups is 2. The lowest BCUT2D eigenvalue weighted by molar-refractivity contribution is -0.0245. The number of halogens is 1. The lowest BCUT2D eigenvalue weighted by Crippen LogP contribution is -2.71. The number of aliphatic hydroxyl groups is 1. The van der Waals surface area contributed by atoms with Crippen molar-refractivity contribution in [1.29, 1.82) is 0 Å². The normalized spacial score (nSPS) is 21.2. The number of aliphatic hydroxyl groups excluding tert-OH is 1. The molecule has 0 bridgehead atoms. The van der Waals surface area contributed by atoms with Crippen molar-refractivity contribution in [2.45, 2.75) is 18.0 Å². The smallest absolute Gasteiger partial charge is 0.326 e. The molecule has 32 heavy (non-hydrogen) atoms. The number of fused-ring (bicyclic) bond motifs is 3. The third-order valence-corrected chi connectivity index (χ3v) is 6.13. The minimum atomic E-state index is -0.446. The van der Waals surface area contributed by atoms with Gasteiger partial charge in [0, 0.05) is 30.0 Å². The quantitative estimate of drug-likeness (QED) is 0.665. The van der Waals surface area contributed by atoms with Crippen molar-refractivity contribution in [3.05, 3.63) is 90.0 Å². The largest absolute Gasteiger partial charge is 0.394 e. The molecule has 7 nitrogen and oxygen atoms in total. The number of anilines is 2. The molecule has 1 fully saturated rings. The van der Waals surface area contributed by atoms with Crippen molar-refractivity contribution in [1.82, 2.24) is 9.88 Å². The van der Waals surface area contributed by atoms with Crippen LogP contribution in [0.2, 0.25) is 0 Å². The predicted molar refractivity (Wildman–Crippen MR) is 117 cm³/mol. The molecule has 2 N–H and O–H groups in total. The number of para-hydroxylation sites is 1. The number of carbonyl (C=O) groups excluding carboxylic acids is 2. The van der Waals surface area contributed by atoms with Crippen LogP contribution in [0.15, 0.2) is 72.9 Å². The van der Waals surface area contributed by atoms with Gasteiger partial charge in [-0.1, -0.05) is 30.3 Å². The summed E-state index contributed by atoms with van der Waals surface area (Å²) in [6, 6.07) is 17.1. The molecule has 3 heterocycles. The number of pyridine rings is 1. The van der Waals surface area contributed by atoms with E-state index < -0.39 is 17.9 Å². The molecule has 2 aliphatic rings. The molecule has 0 radical (unpaired) electrons. The molecule has 2 aromatic carbocycles. The predicted octanol–water partition coefficient (Wildman–Crippen LogP) is 3.24. The summed E-state index contributed by atoms with van der Waals surface area (Å²) in [5, 5.41) is 12.8. The number of urea groups is 1. The lowest BCUT2D eigenvalue weighted by Gasteiger charge is -2.58. The SMILES string of the molecule is O=C(Nc1cccc(F)c1)N1C[C@H]2[C@@H](c3ccccc31)[C@H](CO)N2C(=O)c1ccccn1. The highest BCUT2D eigenvalue weighted by Gasteiger charge is 2.55. The molecule has 1 saturated heterocycles. The van der Waals surface area contributed by atoms with Gasteiger partial charge in [-0.05, 0) is 42.0 Å². The fraction of sp³-hybridized carbons (Fsp3) is 0.208. The van der Waals surface area contributed by atoms with Gasteiger partial charge in [-0.3, -0.25) is 14.7 Å². The first kappa shape index (κ1) is 20.1. The van der Waals surface area contributed by atoms with E-state index in [1.165, 1.54) is 18.2 Å². The van der Waals surface area contributed by atoms with Gasteiger partial charge in [0.05, 0.1) is 18.7 Å². The zero-order valence-electron chi connectivity index (χ0n) is 17.1. The molecule has 3 amide bonds. The standard InChI is InChI=1S/C24H21FN4O3/c25-15-6-5-7-16(12-15)27-24(32)28-13-20-22(17-8-1-2-10-19(17)28)21(14-30)29(20)23(31)18-9-3-4-11-26-18/h1-12,20-22,30H,13-14H2,(H,27,32)/t20-,21-,22+/m0/s1. The van der Waals surface area contributed by atoms with Crippen LogP contribution in [0.5, 0.6) is 0 Å². The highest BCUT2D eigenvalue weighted by molar-refractivity contribution is 6.03. The monoisotopic (exact) mass is 432 g/mol. The molecule has 0 spiro atoms. The van der Waals surface area contributed by atoms with Gasteiger partial charge in [-0.2, -0.15) is 0 Å². The van der Waals surface area contributed by atoms with Crippen molar-refractivity contribution in [2.75, 3.05) is 23.4 Å². The summed E-state index contributed by atoms with van der Waals surface area (Å²) >= 11 is 0. The Morgan fingerprint density at radius 2 is 1.91 bits per heavy atom. The second-order valence-corrected chi connectivity index (χ2v) is 7.88. The minimum absolute atomic E-state index is 0.0953. The maximum atomic E-state index is 13.6. The van der Waals surface area contributed by atoms with Gasteiger partial charge in [0.1, 0.15) is 11.5 Å². The molecule has 8 heteroatoms. The Morgan fingerprint density at radius 1 is 1.09 bits per heavy atom. The van der Waals surface area contributed by atoms with Crippen LogP contribution >= 0.6 is 0 Å². The summed E-state index contributed by atoms with van der Waals surface area (Å²) in [4.78, 5) is 33.6. The molecule has 3 atom stereocenters. The summed E-state index contributed by atoms with van der Waals surface area (Å²) in [6.45, 7) is 0.0570. The molecule has 2 aliphatic heterocycles. The third kappa shape index (κ3) is 3.29. The summed E-state index contributed by atoms with van der Waals surface area (Å²) in [5.74, 6) is -0.823. The highest BCUT2D eigenvalue weighted by atomic mass is 19.1. The second-order valence-electron chi connectivity index (χ2n) is 7.88. The Balaban J connectivity index is 1.47. The molecule has 1 aromatic heterocycles. The number of hydrogen-bond acceptors (Lipinski definition) is 4. The van der Waals surface area contributed by atoms with Gasteiger partial charge in [-0.25, -0.2) is 9.18 Å². The Hall–Kier alpha value is -3.78. The number of benzene rings is 2. The molecule has 0 saturated carbocycles. The average Bonchev–Trinajstić information content (AvgIpc) is 2.80. The number of nitrogens with one attached hydrogen (secondary N) is 1. The van der Waals surface area contributed by atoms with Crippen LogP contribution in [0.25, 0.3) is 0 Å². The first-order valence-corrected chi connectivity index (χ1v) is 10.4. The zero-order chi connectivity index (χ0) is 22.2. The van der Waals surface area contributed by atoms with Crippen LogP contribution in [0.3, 0.4) is 0 Å². The molecule has 0 aliphatic carbocycles. The van der Waals surface area contributed by atoms with Crippen molar-refractivity contribution in [3.8, 4) is 0 Å². The number of aromatic nitrogens is 1. The lowest BCUT2D eigenvalue weighted by atomic mass is 9.72. The maximum Gasteiger partial charge on any atom is 0.326 e. The average molecular weight is 432 g/mol. The Kier molecular flexibility index (Phi) is 5.07. The molecule has 5 rings (SSSR count). The number of amides is 3.